The summed E-state index contributed by atoms with van der Waals surface area (Å²) in [5, 5.41) is 0. The van der Waals surface area contributed by atoms with Gasteiger partial charge in [0.25, 0.3) is 0 Å². The highest BCUT2D eigenvalue weighted by molar-refractivity contribution is 5.37. The molecule has 1 heterocycles. The van der Waals surface area contributed by atoms with Crippen LogP contribution < -0.4 is 5.73 Å². The SMILES string of the molecule is CN(Cc1cc(N)ccn1)C1CCCC1. The van der Waals surface area contributed by atoms with Gasteiger partial charge in [-0.25, -0.2) is 0 Å². The summed E-state index contributed by atoms with van der Waals surface area (Å²) in [6.45, 7) is 0.912. The topological polar surface area (TPSA) is 42.1 Å². The first-order chi connectivity index (χ1) is 7.25. The van der Waals surface area contributed by atoms with Gasteiger partial charge < -0.3 is 5.73 Å². The Morgan fingerprint density at radius 1 is 1.47 bits per heavy atom. The van der Waals surface area contributed by atoms with Crippen LogP contribution in [0.5, 0.6) is 0 Å². The molecule has 3 heteroatoms. The van der Waals surface area contributed by atoms with Gasteiger partial charge in [0.1, 0.15) is 0 Å². The third-order valence-electron chi connectivity index (χ3n) is 3.20. The first kappa shape index (κ1) is 10.4. The molecule has 0 atom stereocenters. The number of hydrogen-bond acceptors (Lipinski definition) is 3. The molecule has 82 valence electrons. The van der Waals surface area contributed by atoms with E-state index in [1.54, 1.807) is 6.20 Å². The fourth-order valence-electron chi connectivity index (χ4n) is 2.31. The van der Waals surface area contributed by atoms with Crippen LogP contribution in [0.15, 0.2) is 18.3 Å². The predicted molar refractivity (Wildman–Crippen MR) is 62.4 cm³/mol. The molecule has 0 unspecified atom stereocenters. The van der Waals surface area contributed by atoms with Crippen LogP contribution >= 0.6 is 0 Å². The Labute approximate surface area is 91.3 Å². The van der Waals surface area contributed by atoms with E-state index in [4.69, 9.17) is 5.73 Å². The Balaban J connectivity index is 1.95. The Hall–Kier alpha value is -1.09. The van der Waals surface area contributed by atoms with Gasteiger partial charge in [-0.15, -0.1) is 0 Å². The van der Waals surface area contributed by atoms with E-state index in [2.05, 4.69) is 16.9 Å². The first-order valence-electron chi connectivity index (χ1n) is 5.66. The molecular weight excluding hydrogens is 186 g/mol. The van der Waals surface area contributed by atoms with Crippen molar-refractivity contribution in [3.05, 3.63) is 24.0 Å². The molecule has 15 heavy (non-hydrogen) atoms. The molecule has 0 spiro atoms. The Kier molecular flexibility index (Phi) is 3.21. The summed E-state index contributed by atoms with van der Waals surface area (Å²) < 4.78 is 0. The Morgan fingerprint density at radius 3 is 2.87 bits per heavy atom. The maximum absolute atomic E-state index is 5.73. The van der Waals surface area contributed by atoms with E-state index in [0.29, 0.717) is 0 Å². The van der Waals surface area contributed by atoms with Gasteiger partial charge in [0.05, 0.1) is 5.69 Å². The molecule has 0 bridgehead atoms. The predicted octanol–water partition coefficient (Wildman–Crippen LogP) is 2.04. The van der Waals surface area contributed by atoms with Crippen LogP contribution in [-0.4, -0.2) is 23.0 Å². The molecule has 1 aliphatic carbocycles. The normalized spacial score (nSPS) is 17.5. The number of anilines is 1. The van der Waals surface area contributed by atoms with Crippen molar-refractivity contribution in [3.63, 3.8) is 0 Å². The highest BCUT2D eigenvalue weighted by Crippen LogP contribution is 2.23. The van der Waals surface area contributed by atoms with Crippen LogP contribution in [0.2, 0.25) is 0 Å². The summed E-state index contributed by atoms with van der Waals surface area (Å²) in [5.74, 6) is 0. The molecule has 0 aliphatic heterocycles. The number of pyridine rings is 1. The van der Waals surface area contributed by atoms with Crippen molar-refractivity contribution >= 4 is 5.69 Å². The van der Waals surface area contributed by atoms with Crippen molar-refractivity contribution in [1.82, 2.24) is 9.88 Å². The minimum absolute atomic E-state index is 0.744. The van der Waals surface area contributed by atoms with E-state index in [1.165, 1.54) is 25.7 Å². The summed E-state index contributed by atoms with van der Waals surface area (Å²) in [4.78, 5) is 6.73. The number of nitrogens with two attached hydrogens (primary N) is 1. The monoisotopic (exact) mass is 205 g/mol. The van der Waals surface area contributed by atoms with Gasteiger partial charge >= 0.3 is 0 Å². The zero-order valence-corrected chi connectivity index (χ0v) is 9.32. The first-order valence-corrected chi connectivity index (χ1v) is 5.66. The summed E-state index contributed by atoms with van der Waals surface area (Å²) in [5.41, 5.74) is 7.61. The minimum Gasteiger partial charge on any atom is -0.399 e. The lowest BCUT2D eigenvalue weighted by Gasteiger charge is -2.23. The summed E-state index contributed by atoms with van der Waals surface area (Å²) in [7, 11) is 2.18. The summed E-state index contributed by atoms with van der Waals surface area (Å²) in [6, 6.07) is 4.54. The van der Waals surface area contributed by atoms with Crippen LogP contribution in [0.1, 0.15) is 31.4 Å². The summed E-state index contributed by atoms with van der Waals surface area (Å²) >= 11 is 0. The van der Waals surface area contributed by atoms with Crippen molar-refractivity contribution in [1.29, 1.82) is 0 Å². The van der Waals surface area contributed by atoms with Crippen LogP contribution in [0.4, 0.5) is 5.69 Å². The van der Waals surface area contributed by atoms with Gasteiger partial charge in [0.2, 0.25) is 0 Å². The van der Waals surface area contributed by atoms with Gasteiger partial charge in [-0.3, -0.25) is 9.88 Å². The second kappa shape index (κ2) is 4.62. The van der Waals surface area contributed by atoms with Crippen LogP contribution in [0.25, 0.3) is 0 Å². The van der Waals surface area contributed by atoms with E-state index in [0.717, 1.165) is 24.0 Å². The van der Waals surface area contributed by atoms with E-state index >= 15 is 0 Å². The average Bonchev–Trinajstić information content (AvgIpc) is 2.70. The third kappa shape index (κ3) is 2.69. The second-order valence-electron chi connectivity index (χ2n) is 4.43. The number of nitrogens with zero attached hydrogens (tertiary/aromatic N) is 2. The fourth-order valence-corrected chi connectivity index (χ4v) is 2.31. The third-order valence-corrected chi connectivity index (χ3v) is 3.20. The van der Waals surface area contributed by atoms with Gasteiger partial charge in [-0.05, 0) is 32.0 Å². The average molecular weight is 205 g/mol. The van der Waals surface area contributed by atoms with Gasteiger partial charge in [-0.2, -0.15) is 0 Å². The van der Waals surface area contributed by atoms with Crippen LogP contribution in [0.3, 0.4) is 0 Å². The van der Waals surface area contributed by atoms with Crippen molar-refractivity contribution in [2.45, 2.75) is 38.3 Å². The number of hydrogen-bond donors (Lipinski definition) is 1. The molecule has 0 aromatic carbocycles. The van der Waals surface area contributed by atoms with E-state index in [-0.39, 0.29) is 0 Å². The van der Waals surface area contributed by atoms with Crippen molar-refractivity contribution in [2.75, 3.05) is 12.8 Å². The summed E-state index contributed by atoms with van der Waals surface area (Å²) in [6.07, 6.45) is 7.20. The zero-order valence-electron chi connectivity index (χ0n) is 9.32. The van der Waals surface area contributed by atoms with Gasteiger partial charge in [0.15, 0.2) is 0 Å². The van der Waals surface area contributed by atoms with E-state index in [9.17, 15) is 0 Å². The standard InChI is InChI=1S/C12H19N3/c1-15(12-4-2-3-5-12)9-11-8-10(13)6-7-14-11/h6-8,12H,2-5,9H2,1H3,(H2,13,14). The molecule has 0 saturated heterocycles. The maximum Gasteiger partial charge on any atom is 0.0564 e. The van der Waals surface area contributed by atoms with Crippen molar-refractivity contribution in [2.24, 2.45) is 0 Å². The lowest BCUT2D eigenvalue weighted by atomic mass is 10.2. The molecule has 1 saturated carbocycles. The number of rotatable bonds is 3. The molecule has 2 N–H and O–H groups in total. The molecule has 1 aromatic heterocycles. The molecular formula is C12H19N3. The minimum atomic E-state index is 0.744. The lowest BCUT2D eigenvalue weighted by Crippen LogP contribution is -2.28. The molecule has 1 aliphatic rings. The van der Waals surface area contributed by atoms with Crippen molar-refractivity contribution < 1.29 is 0 Å². The maximum atomic E-state index is 5.73. The van der Waals surface area contributed by atoms with Gasteiger partial charge in [0, 0.05) is 24.5 Å². The van der Waals surface area contributed by atoms with Crippen LogP contribution in [-0.2, 0) is 6.54 Å². The highest BCUT2D eigenvalue weighted by Gasteiger charge is 2.19. The fraction of sp³-hybridized carbons (Fsp3) is 0.583. The van der Waals surface area contributed by atoms with Crippen LogP contribution in [0, 0.1) is 0 Å². The Morgan fingerprint density at radius 2 is 2.20 bits per heavy atom. The highest BCUT2D eigenvalue weighted by atomic mass is 15.1. The molecule has 0 amide bonds. The second-order valence-corrected chi connectivity index (χ2v) is 4.43. The molecule has 0 radical (unpaired) electrons. The largest absolute Gasteiger partial charge is 0.399 e. The van der Waals surface area contributed by atoms with E-state index in [1.807, 2.05) is 12.1 Å². The Bertz CT molecular complexity index is 318. The smallest absolute Gasteiger partial charge is 0.0564 e. The number of aromatic nitrogens is 1. The molecule has 1 fully saturated rings. The molecule has 3 nitrogen and oxygen atoms in total. The van der Waals surface area contributed by atoms with Gasteiger partial charge in [-0.1, -0.05) is 12.8 Å². The van der Waals surface area contributed by atoms with E-state index < -0.39 is 0 Å². The van der Waals surface area contributed by atoms with Crippen molar-refractivity contribution in [3.8, 4) is 0 Å². The quantitative estimate of drug-likeness (QED) is 0.821. The molecule has 1 aromatic rings. The zero-order chi connectivity index (χ0) is 10.7. The number of nitrogen functional groups attached to an aromatic ring is 1. The molecule has 2 rings (SSSR count). The lowest BCUT2D eigenvalue weighted by molar-refractivity contribution is 0.235.